The molecule has 0 heterocycles. The zero-order valence-corrected chi connectivity index (χ0v) is 9.75. The van der Waals surface area contributed by atoms with Crippen molar-refractivity contribution < 1.29 is 8.78 Å². The van der Waals surface area contributed by atoms with Gasteiger partial charge < -0.3 is 0 Å². The van der Waals surface area contributed by atoms with E-state index in [1.807, 2.05) is 0 Å². The molecule has 0 saturated carbocycles. The summed E-state index contributed by atoms with van der Waals surface area (Å²) < 4.78 is 29.5. The summed E-state index contributed by atoms with van der Waals surface area (Å²) in [6.07, 6.45) is 0.532. The van der Waals surface area contributed by atoms with E-state index in [-0.39, 0.29) is 0 Å². The monoisotopic (exact) mass is 248 g/mol. The van der Waals surface area contributed by atoms with E-state index in [1.165, 1.54) is 12.1 Å². The van der Waals surface area contributed by atoms with Crippen LogP contribution in [0.4, 0.5) is 8.78 Å². The maximum atomic E-state index is 12.8. The minimum Gasteiger partial charge on any atom is -0.207 e. The van der Waals surface area contributed by atoms with Gasteiger partial charge in [-0.25, -0.2) is 8.78 Å². The van der Waals surface area contributed by atoms with Gasteiger partial charge in [-0.2, -0.15) is 5.01 Å². The Bertz CT molecular complexity index is 371. The van der Waals surface area contributed by atoms with Crippen LogP contribution in [-0.4, -0.2) is 18.6 Å². The maximum Gasteiger partial charge on any atom is 0.126 e. The second-order valence-corrected chi connectivity index (χ2v) is 3.82. The highest BCUT2D eigenvalue weighted by molar-refractivity contribution is 8.12. The van der Waals surface area contributed by atoms with Crippen molar-refractivity contribution >= 4 is 21.3 Å². The van der Waals surface area contributed by atoms with Gasteiger partial charge in [-0.3, -0.25) is 0 Å². The Labute approximate surface area is 95.3 Å². The molecule has 82 valence electrons. The fourth-order valence-electron chi connectivity index (χ4n) is 1.14. The number of hydrogen-bond donors (Lipinski definition) is 0. The van der Waals surface area contributed by atoms with Crippen LogP contribution in [0, 0.1) is 11.6 Å². The van der Waals surface area contributed by atoms with Crippen molar-refractivity contribution in [3.8, 4) is 0 Å². The summed E-state index contributed by atoms with van der Waals surface area (Å²) >= 11 is 4.59. The molecule has 0 aliphatic carbocycles. The standard InChI is InChI=1S/C9H10F2N2S2/c1-13(12-15-14)3-2-7-4-8(10)6-9(11)5-7/h4-6H,2-3H2,1H3. The summed E-state index contributed by atoms with van der Waals surface area (Å²) in [7, 11) is 2.70. The Morgan fingerprint density at radius 1 is 1.33 bits per heavy atom. The van der Waals surface area contributed by atoms with Gasteiger partial charge in [-0.1, -0.05) is 0 Å². The molecular formula is C9H10F2N2S2. The number of likely N-dealkylation sites (N-methyl/N-ethyl adjacent to an activating group) is 1. The summed E-state index contributed by atoms with van der Waals surface area (Å²) in [5.41, 5.74) is 0.615. The number of benzene rings is 1. The van der Waals surface area contributed by atoms with Crippen LogP contribution in [0.3, 0.4) is 0 Å². The molecule has 0 N–H and O–H groups in total. The molecule has 0 amide bonds. The Morgan fingerprint density at radius 3 is 2.47 bits per heavy atom. The third kappa shape index (κ3) is 4.55. The predicted molar refractivity (Wildman–Crippen MR) is 59.9 cm³/mol. The van der Waals surface area contributed by atoms with E-state index in [0.29, 0.717) is 18.5 Å². The van der Waals surface area contributed by atoms with Gasteiger partial charge in [0.05, 0.1) is 0 Å². The van der Waals surface area contributed by atoms with Crippen molar-refractivity contribution in [2.75, 3.05) is 13.6 Å². The van der Waals surface area contributed by atoms with Gasteiger partial charge >= 0.3 is 0 Å². The second-order valence-electron chi connectivity index (χ2n) is 3.07. The summed E-state index contributed by atoms with van der Waals surface area (Å²) in [5, 5.41) is 1.64. The Kier molecular flexibility index (Phi) is 4.93. The summed E-state index contributed by atoms with van der Waals surface area (Å²) in [6.45, 7) is 0.576. The molecule has 15 heavy (non-hydrogen) atoms. The normalized spacial score (nSPS) is 10.4. The maximum absolute atomic E-state index is 12.8. The SMILES string of the molecule is CN(CCc1cc(F)cc(F)c1)N=S=S. The lowest BCUT2D eigenvalue weighted by molar-refractivity contribution is 0.366. The highest BCUT2D eigenvalue weighted by Crippen LogP contribution is 2.08. The molecule has 0 aliphatic heterocycles. The molecule has 0 radical (unpaired) electrons. The van der Waals surface area contributed by atoms with E-state index in [9.17, 15) is 8.78 Å². The molecule has 0 unspecified atom stereocenters. The molecule has 6 heteroatoms. The van der Waals surface area contributed by atoms with Gasteiger partial charge in [0, 0.05) is 41.0 Å². The van der Waals surface area contributed by atoms with Crippen LogP contribution >= 0.6 is 0 Å². The van der Waals surface area contributed by atoms with Crippen LogP contribution < -0.4 is 0 Å². The van der Waals surface area contributed by atoms with Crippen LogP contribution in [0.5, 0.6) is 0 Å². The third-order valence-corrected chi connectivity index (χ3v) is 2.36. The van der Waals surface area contributed by atoms with Gasteiger partial charge in [-0.05, 0) is 24.1 Å². The van der Waals surface area contributed by atoms with Gasteiger partial charge in [0.25, 0.3) is 0 Å². The molecule has 1 aromatic rings. The zero-order chi connectivity index (χ0) is 11.3. The van der Waals surface area contributed by atoms with Crippen molar-refractivity contribution in [3.63, 3.8) is 0 Å². The largest absolute Gasteiger partial charge is 0.207 e. The molecule has 0 aliphatic rings. The first-order valence-corrected chi connectivity index (χ1v) is 5.97. The van der Waals surface area contributed by atoms with Gasteiger partial charge in [0.2, 0.25) is 0 Å². The van der Waals surface area contributed by atoms with Crippen LogP contribution in [0.25, 0.3) is 0 Å². The van der Waals surface area contributed by atoms with Crippen LogP contribution in [0.2, 0.25) is 0 Å². The summed E-state index contributed by atoms with van der Waals surface area (Å²) in [5.74, 6) is -1.11. The van der Waals surface area contributed by atoms with Crippen LogP contribution in [-0.2, 0) is 27.7 Å². The van der Waals surface area contributed by atoms with E-state index < -0.39 is 11.6 Å². The predicted octanol–water partition coefficient (Wildman–Crippen LogP) is 2.08. The van der Waals surface area contributed by atoms with Crippen molar-refractivity contribution in [1.29, 1.82) is 0 Å². The van der Waals surface area contributed by atoms with Gasteiger partial charge in [0.1, 0.15) is 11.6 Å². The number of rotatable bonds is 4. The molecule has 1 rings (SSSR count). The summed E-state index contributed by atoms with van der Waals surface area (Å²) in [4.78, 5) is 0. The fourth-order valence-corrected chi connectivity index (χ4v) is 1.68. The van der Waals surface area contributed by atoms with Crippen molar-refractivity contribution in [1.82, 2.24) is 5.01 Å². The lowest BCUT2D eigenvalue weighted by Gasteiger charge is -2.08. The summed E-state index contributed by atoms with van der Waals surface area (Å²) in [6, 6.07) is 3.49. The Hall–Kier alpha value is -0.720. The lowest BCUT2D eigenvalue weighted by Crippen LogP contribution is -2.14. The average molecular weight is 248 g/mol. The zero-order valence-electron chi connectivity index (χ0n) is 8.11. The van der Waals surface area contributed by atoms with E-state index in [1.54, 1.807) is 12.1 Å². The smallest absolute Gasteiger partial charge is 0.126 e. The lowest BCUT2D eigenvalue weighted by atomic mass is 10.1. The van der Waals surface area contributed by atoms with Crippen LogP contribution in [0.1, 0.15) is 5.56 Å². The molecule has 0 bridgehead atoms. The van der Waals surface area contributed by atoms with Gasteiger partial charge in [-0.15, -0.1) is 4.47 Å². The van der Waals surface area contributed by atoms with Crippen molar-refractivity contribution in [3.05, 3.63) is 35.4 Å². The molecule has 0 atom stereocenters. The van der Waals surface area contributed by atoms with Crippen molar-refractivity contribution in [2.45, 2.75) is 6.42 Å². The van der Waals surface area contributed by atoms with E-state index in [0.717, 1.165) is 16.2 Å². The highest BCUT2D eigenvalue weighted by atomic mass is 32.8. The molecule has 0 spiro atoms. The molecular weight excluding hydrogens is 238 g/mol. The molecule has 2 nitrogen and oxygen atoms in total. The third-order valence-electron chi connectivity index (χ3n) is 1.82. The van der Waals surface area contributed by atoms with Crippen molar-refractivity contribution in [2.24, 2.45) is 4.47 Å². The van der Waals surface area contributed by atoms with E-state index in [4.69, 9.17) is 0 Å². The number of halogens is 2. The molecule has 0 aromatic heterocycles. The Balaban J connectivity index is 2.61. The molecule has 1 aromatic carbocycles. The van der Waals surface area contributed by atoms with Crippen LogP contribution in [0.15, 0.2) is 22.7 Å². The first kappa shape index (κ1) is 12.4. The minimum atomic E-state index is -0.553. The minimum absolute atomic E-state index is 0.532. The first-order valence-electron chi connectivity index (χ1n) is 4.28. The fraction of sp³-hybridized carbons (Fsp3) is 0.333. The Morgan fingerprint density at radius 2 is 1.93 bits per heavy atom. The average Bonchev–Trinajstić information content (AvgIpc) is 2.14. The van der Waals surface area contributed by atoms with E-state index in [2.05, 4.69) is 15.7 Å². The molecule has 0 saturated heterocycles. The topological polar surface area (TPSA) is 15.6 Å². The van der Waals surface area contributed by atoms with Gasteiger partial charge in [0.15, 0.2) is 0 Å². The first-order chi connectivity index (χ1) is 7.11. The van der Waals surface area contributed by atoms with E-state index >= 15 is 0 Å². The highest BCUT2D eigenvalue weighted by Gasteiger charge is 2.02. The number of nitrogens with zero attached hydrogens (tertiary/aromatic N) is 2. The number of hydrogen-bond acceptors (Lipinski definition) is 2. The molecule has 0 fully saturated rings. The second kappa shape index (κ2) is 5.99. The quantitative estimate of drug-likeness (QED) is 0.758.